The number of rotatable bonds is 4. The maximum absolute atomic E-state index is 11.3. The van der Waals surface area contributed by atoms with Crippen LogP contribution in [0.3, 0.4) is 0 Å². The molecule has 0 aliphatic carbocycles. The van der Waals surface area contributed by atoms with Crippen LogP contribution in [0.4, 0.5) is 5.82 Å². The van der Waals surface area contributed by atoms with Crippen molar-refractivity contribution in [3.8, 4) is 0 Å². The van der Waals surface area contributed by atoms with Crippen molar-refractivity contribution in [3.05, 3.63) is 44.1 Å². The van der Waals surface area contributed by atoms with E-state index < -0.39 is 0 Å². The van der Waals surface area contributed by atoms with Gasteiger partial charge in [-0.1, -0.05) is 0 Å². The van der Waals surface area contributed by atoms with Crippen LogP contribution >= 0.6 is 11.3 Å². The number of thiophene rings is 1. The second kappa shape index (κ2) is 5.35. The zero-order valence-electron chi connectivity index (χ0n) is 10.8. The lowest BCUT2D eigenvalue weighted by Crippen LogP contribution is -2.20. The van der Waals surface area contributed by atoms with Crippen LogP contribution in [0.1, 0.15) is 22.5 Å². The van der Waals surface area contributed by atoms with E-state index in [1.54, 1.807) is 18.3 Å². The Bertz CT molecular complexity index is 588. The molecule has 0 saturated heterocycles. The summed E-state index contributed by atoms with van der Waals surface area (Å²) in [5.41, 5.74) is -0.121. The molecule has 96 valence electrons. The number of anilines is 1. The summed E-state index contributed by atoms with van der Waals surface area (Å²) in [6.45, 7) is 5.97. The van der Waals surface area contributed by atoms with Gasteiger partial charge in [0.05, 0.1) is 0 Å². The first-order valence-electron chi connectivity index (χ1n) is 5.93. The van der Waals surface area contributed by atoms with E-state index >= 15 is 0 Å². The fraction of sp³-hybridized carbons (Fsp3) is 0.385. The first kappa shape index (κ1) is 12.8. The van der Waals surface area contributed by atoms with Gasteiger partial charge in [-0.05, 0) is 32.9 Å². The van der Waals surface area contributed by atoms with Crippen LogP contribution in [-0.2, 0) is 6.42 Å². The van der Waals surface area contributed by atoms with Gasteiger partial charge in [0.15, 0.2) is 0 Å². The Balaban J connectivity index is 2.02. The smallest absolute Gasteiger partial charge is 0.252 e. The highest BCUT2D eigenvalue weighted by Gasteiger charge is 2.07. The first-order valence-corrected chi connectivity index (χ1v) is 6.74. The Morgan fingerprint density at radius 3 is 2.83 bits per heavy atom. The number of aromatic amines is 1. The van der Waals surface area contributed by atoms with Gasteiger partial charge in [0.2, 0.25) is 0 Å². The monoisotopic (exact) mass is 263 g/mol. The van der Waals surface area contributed by atoms with E-state index in [2.05, 4.69) is 41.3 Å². The van der Waals surface area contributed by atoms with Gasteiger partial charge >= 0.3 is 0 Å². The number of aromatic nitrogens is 2. The summed E-state index contributed by atoms with van der Waals surface area (Å²) in [5, 5.41) is 3.26. The minimum atomic E-state index is -0.121. The zero-order chi connectivity index (χ0) is 13.1. The topological polar surface area (TPSA) is 57.8 Å². The van der Waals surface area contributed by atoms with Crippen LogP contribution in [0.25, 0.3) is 0 Å². The minimum Gasteiger partial charge on any atom is -0.367 e. The van der Waals surface area contributed by atoms with Crippen LogP contribution in [0.15, 0.2) is 23.0 Å². The highest BCUT2D eigenvalue weighted by molar-refractivity contribution is 7.11. The average molecular weight is 263 g/mol. The summed E-state index contributed by atoms with van der Waals surface area (Å²) in [5.74, 6) is 1.26. The van der Waals surface area contributed by atoms with Crippen LogP contribution in [-0.4, -0.2) is 16.0 Å². The molecular formula is C13H17N3OS. The molecule has 0 saturated carbocycles. The predicted molar refractivity (Wildman–Crippen MR) is 75.4 cm³/mol. The third-order valence-corrected chi connectivity index (χ3v) is 3.58. The van der Waals surface area contributed by atoms with Crippen molar-refractivity contribution >= 4 is 17.2 Å². The molecule has 1 unspecified atom stereocenters. The fourth-order valence-electron chi connectivity index (χ4n) is 1.85. The second-order valence-electron chi connectivity index (χ2n) is 4.48. The van der Waals surface area contributed by atoms with Crippen LogP contribution < -0.4 is 10.9 Å². The highest BCUT2D eigenvalue weighted by atomic mass is 32.1. The van der Waals surface area contributed by atoms with E-state index in [-0.39, 0.29) is 11.6 Å². The van der Waals surface area contributed by atoms with E-state index in [0.717, 1.165) is 6.42 Å². The largest absolute Gasteiger partial charge is 0.367 e. The Labute approximate surface area is 110 Å². The highest BCUT2D eigenvalue weighted by Crippen LogP contribution is 2.17. The van der Waals surface area contributed by atoms with Crippen LogP contribution in [0, 0.1) is 13.8 Å². The summed E-state index contributed by atoms with van der Waals surface area (Å²) in [6, 6.07) is 6.01. The molecule has 4 nitrogen and oxygen atoms in total. The van der Waals surface area contributed by atoms with Gasteiger partial charge in [0.1, 0.15) is 11.6 Å². The first-order chi connectivity index (χ1) is 8.52. The number of aryl methyl sites for hydroxylation is 2. The van der Waals surface area contributed by atoms with Gasteiger partial charge in [0.25, 0.3) is 5.56 Å². The summed E-state index contributed by atoms with van der Waals surface area (Å²) in [7, 11) is 0. The maximum Gasteiger partial charge on any atom is 0.252 e. The Morgan fingerprint density at radius 1 is 1.44 bits per heavy atom. The van der Waals surface area contributed by atoms with Gasteiger partial charge in [-0.15, -0.1) is 11.3 Å². The molecule has 0 bridgehead atoms. The molecule has 0 aromatic carbocycles. The molecule has 5 heteroatoms. The number of nitrogens with zero attached hydrogens (tertiary/aromatic N) is 1. The second-order valence-corrected chi connectivity index (χ2v) is 5.85. The van der Waals surface area contributed by atoms with Crippen LogP contribution in [0.2, 0.25) is 0 Å². The third-order valence-electron chi connectivity index (χ3n) is 2.56. The molecular weight excluding hydrogens is 246 g/mol. The number of hydrogen-bond acceptors (Lipinski definition) is 4. The van der Waals surface area contributed by atoms with Gasteiger partial charge in [-0.3, -0.25) is 4.79 Å². The standard InChI is InChI=1S/C13H17N3OS/c1-8(6-11-5-4-9(2)18-11)14-12-7-13(17)16-10(3)15-12/h4-5,7-8H,6H2,1-3H3,(H2,14,15,16,17). The Hall–Kier alpha value is -1.62. The molecule has 0 aliphatic heterocycles. The Morgan fingerprint density at radius 2 is 2.22 bits per heavy atom. The molecule has 1 atom stereocenters. The van der Waals surface area contributed by atoms with Crippen molar-refractivity contribution in [2.24, 2.45) is 0 Å². The third kappa shape index (κ3) is 3.43. The van der Waals surface area contributed by atoms with E-state index in [9.17, 15) is 4.79 Å². The molecule has 2 aromatic rings. The van der Waals surface area contributed by atoms with Crippen molar-refractivity contribution in [1.82, 2.24) is 9.97 Å². The molecule has 0 amide bonds. The van der Waals surface area contributed by atoms with Gasteiger partial charge in [-0.2, -0.15) is 0 Å². The van der Waals surface area contributed by atoms with E-state index in [1.807, 2.05) is 0 Å². The van der Waals surface area contributed by atoms with Gasteiger partial charge in [0, 0.05) is 28.3 Å². The lowest BCUT2D eigenvalue weighted by Gasteiger charge is -2.13. The maximum atomic E-state index is 11.3. The minimum absolute atomic E-state index is 0.121. The van der Waals surface area contributed by atoms with Crippen molar-refractivity contribution in [2.45, 2.75) is 33.2 Å². The molecule has 0 aliphatic rings. The molecule has 0 radical (unpaired) electrons. The fourth-order valence-corrected chi connectivity index (χ4v) is 2.87. The summed E-state index contributed by atoms with van der Waals surface area (Å²) < 4.78 is 0. The SMILES string of the molecule is Cc1nc(NC(C)Cc2ccc(C)s2)cc(=O)[nH]1. The lowest BCUT2D eigenvalue weighted by atomic mass is 10.2. The van der Waals surface area contributed by atoms with E-state index in [1.165, 1.54) is 15.8 Å². The summed E-state index contributed by atoms with van der Waals surface area (Å²) in [6.07, 6.45) is 0.937. The van der Waals surface area contributed by atoms with Crippen molar-refractivity contribution in [1.29, 1.82) is 0 Å². The quantitative estimate of drug-likeness (QED) is 0.891. The molecule has 2 aromatic heterocycles. The van der Waals surface area contributed by atoms with Crippen molar-refractivity contribution in [3.63, 3.8) is 0 Å². The average Bonchev–Trinajstić information content (AvgIpc) is 2.61. The zero-order valence-corrected chi connectivity index (χ0v) is 11.6. The van der Waals surface area contributed by atoms with Gasteiger partial charge < -0.3 is 10.3 Å². The number of hydrogen-bond donors (Lipinski definition) is 2. The van der Waals surface area contributed by atoms with E-state index in [0.29, 0.717) is 11.6 Å². The van der Waals surface area contributed by atoms with Crippen LogP contribution in [0.5, 0.6) is 0 Å². The van der Waals surface area contributed by atoms with Crippen molar-refractivity contribution in [2.75, 3.05) is 5.32 Å². The van der Waals surface area contributed by atoms with Gasteiger partial charge in [-0.25, -0.2) is 4.98 Å². The van der Waals surface area contributed by atoms with Crippen molar-refractivity contribution < 1.29 is 0 Å². The molecule has 18 heavy (non-hydrogen) atoms. The van der Waals surface area contributed by atoms with E-state index in [4.69, 9.17) is 0 Å². The molecule has 2 rings (SSSR count). The predicted octanol–water partition coefficient (Wildman–Crippen LogP) is 2.49. The molecule has 2 heterocycles. The molecule has 0 fully saturated rings. The lowest BCUT2D eigenvalue weighted by molar-refractivity contribution is 0.790. The Kier molecular flexibility index (Phi) is 3.81. The summed E-state index contributed by atoms with van der Waals surface area (Å²) >= 11 is 1.80. The normalized spacial score (nSPS) is 12.4. The molecule has 2 N–H and O–H groups in total. The number of H-pyrrole nitrogens is 1. The molecule has 0 spiro atoms. The summed E-state index contributed by atoms with van der Waals surface area (Å²) in [4.78, 5) is 20.9. The number of nitrogens with one attached hydrogen (secondary N) is 2.